The van der Waals surface area contributed by atoms with Crippen LogP contribution in [0.15, 0.2) is 48.5 Å². The van der Waals surface area contributed by atoms with Crippen LogP contribution in [0.5, 0.6) is 5.75 Å². The molecule has 0 bridgehead atoms. The van der Waals surface area contributed by atoms with Crippen LogP contribution in [-0.2, 0) is 11.3 Å². The van der Waals surface area contributed by atoms with Gasteiger partial charge in [-0.1, -0.05) is 36.5 Å². The zero-order chi connectivity index (χ0) is 21.9. The van der Waals surface area contributed by atoms with E-state index in [1.165, 1.54) is 19.3 Å². The van der Waals surface area contributed by atoms with Crippen LogP contribution in [0.1, 0.15) is 66.4 Å². The third kappa shape index (κ3) is 7.49. The van der Waals surface area contributed by atoms with Crippen molar-refractivity contribution < 1.29 is 19.4 Å². The van der Waals surface area contributed by atoms with Gasteiger partial charge in [-0.2, -0.15) is 0 Å². The molecule has 0 unspecified atom stereocenters. The molecule has 0 heterocycles. The second-order valence-corrected chi connectivity index (χ2v) is 7.82. The lowest BCUT2D eigenvalue weighted by atomic mass is 9.86. The Balaban J connectivity index is 1.46. The molecule has 1 amide bonds. The van der Waals surface area contributed by atoms with E-state index in [4.69, 9.17) is 9.84 Å². The summed E-state index contributed by atoms with van der Waals surface area (Å²) in [6.07, 6.45) is 6.13. The number of nitrogens with one attached hydrogen (secondary N) is 1. The lowest BCUT2D eigenvalue weighted by molar-refractivity contribution is -0.137. The third-order valence-electron chi connectivity index (χ3n) is 5.38. The molecule has 162 valence electrons. The lowest BCUT2D eigenvalue weighted by Crippen LogP contribution is -2.23. The molecule has 0 aromatic heterocycles. The van der Waals surface area contributed by atoms with Gasteiger partial charge in [-0.15, -0.1) is 0 Å². The number of ether oxygens (including phenoxy) is 1. The number of carbonyl (C=O) groups excluding carboxylic acids is 1. The number of amides is 1. The number of hydrogen-bond donors (Lipinski definition) is 2. The molecule has 2 aromatic rings. The number of carboxylic acids is 1. The molecule has 2 aromatic carbocycles. The normalized spacial score (nSPS) is 12.9. The number of carboxylic acid groups (broad SMARTS) is 1. The first-order valence-electron chi connectivity index (χ1n) is 10.9. The average Bonchev–Trinajstić information content (AvgIpc) is 2.74. The topological polar surface area (TPSA) is 75.6 Å². The molecular formula is C26H29NO4. The second-order valence-electron chi connectivity index (χ2n) is 7.82. The number of benzene rings is 2. The molecule has 5 nitrogen and oxygen atoms in total. The van der Waals surface area contributed by atoms with Crippen molar-refractivity contribution in [2.45, 2.75) is 51.5 Å². The van der Waals surface area contributed by atoms with Gasteiger partial charge in [-0.25, -0.2) is 0 Å². The maximum Gasteiger partial charge on any atom is 0.303 e. The first-order chi connectivity index (χ1) is 15.1. The van der Waals surface area contributed by atoms with Gasteiger partial charge in [0, 0.05) is 35.6 Å². The molecule has 0 saturated heterocycles. The highest BCUT2D eigenvalue weighted by Crippen LogP contribution is 2.25. The van der Waals surface area contributed by atoms with Crippen molar-refractivity contribution in [1.29, 1.82) is 0 Å². The minimum Gasteiger partial charge on any atom is -0.493 e. The summed E-state index contributed by atoms with van der Waals surface area (Å²) >= 11 is 0. The van der Waals surface area contributed by atoms with E-state index in [0.717, 1.165) is 29.7 Å². The van der Waals surface area contributed by atoms with Crippen molar-refractivity contribution in [2.75, 3.05) is 6.61 Å². The van der Waals surface area contributed by atoms with Crippen molar-refractivity contribution >= 4 is 11.9 Å². The van der Waals surface area contributed by atoms with E-state index in [-0.39, 0.29) is 12.3 Å². The van der Waals surface area contributed by atoms with Crippen LogP contribution < -0.4 is 10.1 Å². The van der Waals surface area contributed by atoms with E-state index >= 15 is 0 Å². The largest absolute Gasteiger partial charge is 0.493 e. The average molecular weight is 420 g/mol. The monoisotopic (exact) mass is 419 g/mol. The van der Waals surface area contributed by atoms with Gasteiger partial charge in [0.15, 0.2) is 0 Å². The maximum atomic E-state index is 12.5. The Bertz CT molecular complexity index is 936. The van der Waals surface area contributed by atoms with Crippen molar-refractivity contribution in [1.82, 2.24) is 5.32 Å². The number of para-hydroxylation sites is 1. The number of unbranched alkanes of at least 4 members (excludes halogenated alkanes) is 2. The predicted octanol–water partition coefficient (Wildman–Crippen LogP) is 4.79. The van der Waals surface area contributed by atoms with Gasteiger partial charge in [0.25, 0.3) is 5.91 Å². The molecule has 2 N–H and O–H groups in total. The Hall–Kier alpha value is -3.26. The number of carbonyl (C=O) groups is 2. The van der Waals surface area contributed by atoms with E-state index in [2.05, 4.69) is 17.2 Å². The molecule has 1 saturated carbocycles. The van der Waals surface area contributed by atoms with E-state index in [1.807, 2.05) is 36.4 Å². The SMILES string of the molecule is O=C(O)CCCCCOc1ccccc1CNC(=O)c1ccc(C#CC2CCC2)cc1. The highest BCUT2D eigenvalue weighted by atomic mass is 16.5. The van der Waals surface area contributed by atoms with E-state index in [0.29, 0.717) is 31.1 Å². The third-order valence-corrected chi connectivity index (χ3v) is 5.38. The first-order valence-corrected chi connectivity index (χ1v) is 10.9. The smallest absolute Gasteiger partial charge is 0.303 e. The predicted molar refractivity (Wildman–Crippen MR) is 120 cm³/mol. The molecule has 3 rings (SSSR count). The molecule has 1 aliphatic carbocycles. The van der Waals surface area contributed by atoms with Gasteiger partial charge >= 0.3 is 5.97 Å². The molecule has 31 heavy (non-hydrogen) atoms. The fraction of sp³-hybridized carbons (Fsp3) is 0.385. The fourth-order valence-corrected chi connectivity index (χ4v) is 3.25. The van der Waals surface area contributed by atoms with Crippen LogP contribution in [0, 0.1) is 17.8 Å². The summed E-state index contributed by atoms with van der Waals surface area (Å²) in [7, 11) is 0. The van der Waals surface area contributed by atoms with Crippen LogP contribution >= 0.6 is 0 Å². The van der Waals surface area contributed by atoms with Crippen LogP contribution in [0.2, 0.25) is 0 Å². The summed E-state index contributed by atoms with van der Waals surface area (Å²) in [5.74, 6) is 6.84. The van der Waals surface area contributed by atoms with Gasteiger partial charge in [0.2, 0.25) is 0 Å². The quantitative estimate of drug-likeness (QED) is 0.429. The van der Waals surface area contributed by atoms with Gasteiger partial charge in [0.05, 0.1) is 6.61 Å². The zero-order valence-electron chi connectivity index (χ0n) is 17.7. The van der Waals surface area contributed by atoms with Crippen LogP contribution in [0.4, 0.5) is 0 Å². The maximum absolute atomic E-state index is 12.5. The van der Waals surface area contributed by atoms with Gasteiger partial charge in [-0.3, -0.25) is 9.59 Å². The fourth-order valence-electron chi connectivity index (χ4n) is 3.25. The Morgan fingerprint density at radius 2 is 1.81 bits per heavy atom. The number of rotatable bonds is 10. The molecule has 0 atom stereocenters. The highest BCUT2D eigenvalue weighted by molar-refractivity contribution is 5.94. The van der Waals surface area contributed by atoms with Crippen LogP contribution in [-0.4, -0.2) is 23.6 Å². The lowest BCUT2D eigenvalue weighted by Gasteiger charge is -2.18. The Kier molecular flexibility index (Phi) is 8.54. The zero-order valence-corrected chi connectivity index (χ0v) is 17.7. The van der Waals surface area contributed by atoms with Crippen molar-refractivity contribution in [3.05, 3.63) is 65.2 Å². The Morgan fingerprint density at radius 3 is 2.52 bits per heavy atom. The van der Waals surface area contributed by atoms with E-state index in [1.54, 1.807) is 12.1 Å². The van der Waals surface area contributed by atoms with Gasteiger partial charge in [-0.05, 0) is 62.4 Å². The Labute approximate surface area is 183 Å². The van der Waals surface area contributed by atoms with Crippen molar-refractivity contribution in [3.8, 4) is 17.6 Å². The van der Waals surface area contributed by atoms with E-state index < -0.39 is 5.97 Å². The van der Waals surface area contributed by atoms with Crippen LogP contribution in [0.3, 0.4) is 0 Å². The van der Waals surface area contributed by atoms with Crippen molar-refractivity contribution in [3.63, 3.8) is 0 Å². The molecule has 1 fully saturated rings. The summed E-state index contributed by atoms with van der Waals surface area (Å²) in [6, 6.07) is 15.0. The molecule has 0 aliphatic heterocycles. The summed E-state index contributed by atoms with van der Waals surface area (Å²) in [5.41, 5.74) is 2.45. The summed E-state index contributed by atoms with van der Waals surface area (Å²) in [5, 5.41) is 11.6. The minimum absolute atomic E-state index is 0.137. The van der Waals surface area contributed by atoms with E-state index in [9.17, 15) is 9.59 Å². The van der Waals surface area contributed by atoms with Gasteiger partial charge in [0.1, 0.15) is 5.75 Å². The molecule has 0 radical (unpaired) electrons. The van der Waals surface area contributed by atoms with Crippen LogP contribution in [0.25, 0.3) is 0 Å². The summed E-state index contributed by atoms with van der Waals surface area (Å²) in [4.78, 5) is 23.1. The number of aliphatic carboxylic acids is 1. The minimum atomic E-state index is -0.766. The summed E-state index contributed by atoms with van der Waals surface area (Å²) in [6.45, 7) is 0.894. The second kappa shape index (κ2) is 11.8. The first kappa shape index (κ1) is 22.4. The highest BCUT2D eigenvalue weighted by Gasteiger charge is 2.13. The number of hydrogen-bond acceptors (Lipinski definition) is 3. The molecular weight excluding hydrogens is 390 g/mol. The van der Waals surface area contributed by atoms with Gasteiger partial charge < -0.3 is 15.2 Å². The molecule has 1 aliphatic rings. The van der Waals surface area contributed by atoms with Crippen molar-refractivity contribution in [2.24, 2.45) is 5.92 Å². The Morgan fingerprint density at radius 1 is 1.03 bits per heavy atom. The standard InChI is InChI=1S/C26H29NO4/c28-25(29)11-2-1-5-18-31-24-10-4-3-9-23(24)19-27-26(30)22-16-14-21(15-17-22)13-12-20-7-6-8-20/h3-4,9-10,14-17,20H,1-2,5-8,11,18-19H2,(H,27,30)(H,28,29). The molecule has 0 spiro atoms. The molecule has 5 heteroatoms. The summed E-state index contributed by atoms with van der Waals surface area (Å²) < 4.78 is 5.84.